The van der Waals surface area contributed by atoms with Crippen LogP contribution >= 0.6 is 0 Å². The highest BCUT2D eigenvalue weighted by molar-refractivity contribution is 5.41. The molecule has 3 aromatic rings. The van der Waals surface area contributed by atoms with Gasteiger partial charge in [0.15, 0.2) is 0 Å². The Labute approximate surface area is 169 Å². The molecule has 2 aromatic carbocycles. The largest absolute Gasteiger partial charge is 0.508 e. The zero-order chi connectivity index (χ0) is 21.0. The van der Waals surface area contributed by atoms with E-state index < -0.39 is 17.6 Å². The molecule has 3 atom stereocenters. The molecule has 1 unspecified atom stereocenters. The Morgan fingerprint density at radius 2 is 1.55 bits per heavy atom. The molecule has 0 aliphatic carbocycles. The van der Waals surface area contributed by atoms with E-state index >= 15 is 0 Å². The van der Waals surface area contributed by atoms with Gasteiger partial charge in [0.1, 0.15) is 17.3 Å². The van der Waals surface area contributed by atoms with Gasteiger partial charge in [0.25, 0.3) is 0 Å². The van der Waals surface area contributed by atoms with Crippen molar-refractivity contribution in [3.63, 3.8) is 0 Å². The Bertz CT molecular complexity index is 992. The first-order valence-corrected chi connectivity index (χ1v) is 9.85. The van der Waals surface area contributed by atoms with Gasteiger partial charge in [0.2, 0.25) is 0 Å². The first-order chi connectivity index (χ1) is 14.0. The molecule has 0 amide bonds. The second-order valence-electron chi connectivity index (χ2n) is 7.16. The van der Waals surface area contributed by atoms with Gasteiger partial charge in [0, 0.05) is 17.9 Å². The predicted octanol–water partition coefficient (Wildman–Crippen LogP) is 4.82. The number of phenolic OH excluding ortho intramolecular Hbond substituents is 1. The lowest BCUT2D eigenvalue weighted by molar-refractivity contribution is 0.129. The number of phenols is 1. The highest BCUT2D eigenvalue weighted by atomic mass is 16.4. The van der Waals surface area contributed by atoms with Gasteiger partial charge in [-0.1, -0.05) is 56.3 Å². The van der Waals surface area contributed by atoms with Crippen LogP contribution in [-0.2, 0) is 0 Å². The fourth-order valence-electron chi connectivity index (χ4n) is 3.79. The monoisotopic (exact) mass is 394 g/mol. The minimum Gasteiger partial charge on any atom is -0.508 e. The molecule has 1 aromatic heterocycles. The van der Waals surface area contributed by atoms with Gasteiger partial charge < -0.3 is 19.7 Å². The van der Waals surface area contributed by atoms with Crippen molar-refractivity contribution in [1.82, 2.24) is 0 Å². The van der Waals surface area contributed by atoms with Crippen LogP contribution in [0.4, 0.5) is 0 Å². The SMILES string of the molecule is CCC(c1ccc(O)cc1)c1c(O)cc([C@H](CC)[C@@H](O)c2ccccc2)oc1=O. The molecule has 152 valence electrons. The molecule has 5 nitrogen and oxygen atoms in total. The third kappa shape index (κ3) is 4.35. The maximum atomic E-state index is 12.8. The van der Waals surface area contributed by atoms with E-state index in [1.54, 1.807) is 24.3 Å². The third-order valence-corrected chi connectivity index (χ3v) is 5.37. The van der Waals surface area contributed by atoms with Gasteiger partial charge in [-0.05, 0) is 36.1 Å². The Balaban J connectivity index is 2.00. The summed E-state index contributed by atoms with van der Waals surface area (Å²) in [6.07, 6.45) is 0.257. The molecule has 5 heteroatoms. The lowest BCUT2D eigenvalue weighted by Gasteiger charge is -2.22. The Morgan fingerprint density at radius 1 is 0.897 bits per heavy atom. The Hall–Kier alpha value is -3.05. The Kier molecular flexibility index (Phi) is 6.39. The fourth-order valence-corrected chi connectivity index (χ4v) is 3.79. The second kappa shape index (κ2) is 8.97. The van der Waals surface area contributed by atoms with E-state index in [9.17, 15) is 20.1 Å². The molecule has 0 aliphatic rings. The molecule has 0 spiro atoms. The molecule has 29 heavy (non-hydrogen) atoms. The zero-order valence-electron chi connectivity index (χ0n) is 16.6. The van der Waals surface area contributed by atoms with Crippen LogP contribution in [0, 0.1) is 0 Å². The summed E-state index contributed by atoms with van der Waals surface area (Å²) in [5, 5.41) is 31.0. The molecular formula is C24H26O5. The van der Waals surface area contributed by atoms with Crippen LogP contribution in [0.5, 0.6) is 11.5 Å². The normalized spacial score (nSPS) is 14.3. The lowest BCUT2D eigenvalue weighted by atomic mass is 9.87. The highest BCUT2D eigenvalue weighted by Gasteiger charge is 2.28. The van der Waals surface area contributed by atoms with Crippen LogP contribution in [0.3, 0.4) is 0 Å². The molecule has 0 aliphatic heterocycles. The molecule has 0 fully saturated rings. The van der Waals surface area contributed by atoms with Crippen molar-refractivity contribution >= 4 is 0 Å². The molecule has 0 saturated heterocycles. The summed E-state index contributed by atoms with van der Waals surface area (Å²) >= 11 is 0. The predicted molar refractivity (Wildman–Crippen MR) is 111 cm³/mol. The lowest BCUT2D eigenvalue weighted by Crippen LogP contribution is -2.17. The van der Waals surface area contributed by atoms with Crippen molar-refractivity contribution in [2.75, 3.05) is 0 Å². The second-order valence-corrected chi connectivity index (χ2v) is 7.16. The van der Waals surface area contributed by atoms with Crippen LogP contribution in [0.15, 0.2) is 69.9 Å². The fraction of sp³-hybridized carbons (Fsp3) is 0.292. The van der Waals surface area contributed by atoms with E-state index in [0.717, 1.165) is 11.1 Å². The molecule has 0 saturated carbocycles. The van der Waals surface area contributed by atoms with Gasteiger partial charge in [-0.25, -0.2) is 4.79 Å². The summed E-state index contributed by atoms with van der Waals surface area (Å²) in [4.78, 5) is 12.8. The minimum atomic E-state index is -0.853. The van der Waals surface area contributed by atoms with E-state index in [1.165, 1.54) is 6.07 Å². The van der Waals surface area contributed by atoms with Crippen LogP contribution in [0.1, 0.15) is 67.1 Å². The number of aromatic hydroxyl groups is 2. The van der Waals surface area contributed by atoms with E-state index in [2.05, 4.69) is 0 Å². The average molecular weight is 394 g/mol. The van der Waals surface area contributed by atoms with Crippen molar-refractivity contribution in [3.8, 4) is 11.5 Å². The number of aliphatic hydroxyl groups excluding tert-OH is 1. The summed E-state index contributed by atoms with van der Waals surface area (Å²) < 4.78 is 5.59. The van der Waals surface area contributed by atoms with Crippen LogP contribution in [-0.4, -0.2) is 15.3 Å². The highest BCUT2D eigenvalue weighted by Crippen LogP contribution is 2.37. The quantitative estimate of drug-likeness (QED) is 0.534. The molecule has 3 N–H and O–H groups in total. The van der Waals surface area contributed by atoms with Gasteiger partial charge in [-0.2, -0.15) is 0 Å². The minimum absolute atomic E-state index is 0.135. The smallest absolute Gasteiger partial charge is 0.343 e. The molecule has 0 radical (unpaired) electrons. The first-order valence-electron chi connectivity index (χ1n) is 9.85. The summed E-state index contributed by atoms with van der Waals surface area (Å²) in [5.74, 6) is -0.569. The topological polar surface area (TPSA) is 90.9 Å². The third-order valence-electron chi connectivity index (χ3n) is 5.37. The summed E-state index contributed by atoms with van der Waals surface area (Å²) in [6, 6.07) is 17.2. The number of hydrogen-bond donors (Lipinski definition) is 3. The van der Waals surface area contributed by atoms with E-state index in [1.807, 2.05) is 44.2 Å². The van der Waals surface area contributed by atoms with Gasteiger partial charge >= 0.3 is 5.63 Å². The van der Waals surface area contributed by atoms with Crippen molar-refractivity contribution < 1.29 is 19.7 Å². The summed E-state index contributed by atoms with van der Waals surface area (Å²) in [5.41, 5.74) is 1.10. The van der Waals surface area contributed by atoms with Crippen molar-refractivity contribution in [2.24, 2.45) is 0 Å². The van der Waals surface area contributed by atoms with E-state index in [0.29, 0.717) is 12.8 Å². The first kappa shape index (κ1) is 20.7. The van der Waals surface area contributed by atoms with Crippen LogP contribution in [0.2, 0.25) is 0 Å². The summed E-state index contributed by atoms with van der Waals surface area (Å²) in [6.45, 7) is 3.81. The molecular weight excluding hydrogens is 368 g/mol. The van der Waals surface area contributed by atoms with Crippen LogP contribution < -0.4 is 5.63 Å². The molecule has 3 rings (SSSR count). The number of benzene rings is 2. The van der Waals surface area contributed by atoms with Gasteiger partial charge in [-0.3, -0.25) is 0 Å². The van der Waals surface area contributed by atoms with Crippen molar-refractivity contribution in [3.05, 3.63) is 93.5 Å². The van der Waals surface area contributed by atoms with E-state index in [-0.39, 0.29) is 28.7 Å². The standard InChI is InChI=1S/C24H26O5/c1-3-18(15-10-12-17(25)13-11-15)22-20(26)14-21(29-24(22)28)19(4-2)23(27)16-8-6-5-7-9-16/h5-14,18-19,23,25-27H,3-4H2,1-2H3/t18?,19-,23-/m0/s1. The molecule has 0 bridgehead atoms. The summed E-state index contributed by atoms with van der Waals surface area (Å²) in [7, 11) is 0. The van der Waals surface area contributed by atoms with Crippen LogP contribution in [0.25, 0.3) is 0 Å². The van der Waals surface area contributed by atoms with Crippen molar-refractivity contribution in [1.29, 1.82) is 0 Å². The van der Waals surface area contributed by atoms with Gasteiger partial charge in [-0.15, -0.1) is 0 Å². The van der Waals surface area contributed by atoms with Crippen molar-refractivity contribution in [2.45, 2.75) is 44.6 Å². The van der Waals surface area contributed by atoms with Gasteiger partial charge in [0.05, 0.1) is 11.7 Å². The average Bonchev–Trinajstić information content (AvgIpc) is 2.72. The molecule has 1 heterocycles. The maximum absolute atomic E-state index is 12.8. The number of rotatable bonds is 7. The number of aliphatic hydroxyl groups is 1. The zero-order valence-corrected chi connectivity index (χ0v) is 16.6. The van der Waals surface area contributed by atoms with E-state index in [4.69, 9.17) is 4.42 Å². The Morgan fingerprint density at radius 3 is 2.10 bits per heavy atom. The maximum Gasteiger partial charge on any atom is 0.343 e. The number of hydrogen-bond acceptors (Lipinski definition) is 5.